The fraction of sp³-hybridized carbons (Fsp3) is 0.917. The number of hydrogen-bond donors (Lipinski definition) is 1. The van der Waals surface area contributed by atoms with Crippen molar-refractivity contribution < 1.29 is 4.79 Å². The summed E-state index contributed by atoms with van der Waals surface area (Å²) in [7, 11) is 0. The Labute approximate surface area is 92.2 Å². The van der Waals surface area contributed by atoms with Gasteiger partial charge < -0.3 is 5.32 Å². The van der Waals surface area contributed by atoms with Crippen LogP contribution in [0, 0.1) is 5.92 Å². The molecule has 0 unspecified atom stereocenters. The lowest BCUT2D eigenvalue weighted by Crippen LogP contribution is -2.47. The van der Waals surface area contributed by atoms with Crippen molar-refractivity contribution in [2.75, 3.05) is 13.1 Å². The summed E-state index contributed by atoms with van der Waals surface area (Å²) in [6.07, 6.45) is 5.07. The van der Waals surface area contributed by atoms with Crippen molar-refractivity contribution in [1.29, 1.82) is 0 Å². The first-order valence-corrected chi connectivity index (χ1v) is 6.23. The van der Waals surface area contributed by atoms with Gasteiger partial charge in [-0.15, -0.1) is 0 Å². The molecule has 0 aromatic rings. The average molecular weight is 210 g/mol. The van der Waals surface area contributed by atoms with Crippen LogP contribution in [0.25, 0.3) is 0 Å². The van der Waals surface area contributed by atoms with Crippen LogP contribution in [0.4, 0.5) is 0 Å². The minimum absolute atomic E-state index is 0.114. The number of fused-ring (bicyclic) bond motifs is 1. The standard InChI is InChI=1S/C12H22N2O/c1-9(2)12(15)13-10-6-8-14-7-4-3-5-11(10)14/h9-11H,3-8H2,1-2H3,(H,13,15)/t10-,11-/m0/s1. The van der Waals surface area contributed by atoms with Crippen LogP contribution in [0.1, 0.15) is 39.5 Å². The van der Waals surface area contributed by atoms with E-state index in [0.29, 0.717) is 12.1 Å². The van der Waals surface area contributed by atoms with Crippen molar-refractivity contribution in [2.45, 2.75) is 51.6 Å². The lowest BCUT2D eigenvalue weighted by molar-refractivity contribution is -0.124. The van der Waals surface area contributed by atoms with Gasteiger partial charge in [-0.1, -0.05) is 20.3 Å². The molecule has 2 aliphatic rings. The van der Waals surface area contributed by atoms with Gasteiger partial charge in [-0.2, -0.15) is 0 Å². The maximum Gasteiger partial charge on any atom is 0.222 e. The molecule has 2 fully saturated rings. The number of rotatable bonds is 2. The van der Waals surface area contributed by atoms with Gasteiger partial charge in [0.2, 0.25) is 5.91 Å². The van der Waals surface area contributed by atoms with Gasteiger partial charge in [0.1, 0.15) is 0 Å². The summed E-state index contributed by atoms with van der Waals surface area (Å²) in [6, 6.07) is 1.04. The molecule has 3 heteroatoms. The van der Waals surface area contributed by atoms with Crippen LogP contribution in [0.15, 0.2) is 0 Å². The molecule has 15 heavy (non-hydrogen) atoms. The number of nitrogens with zero attached hydrogens (tertiary/aromatic N) is 1. The number of piperidine rings is 1. The Hall–Kier alpha value is -0.570. The average Bonchev–Trinajstić information content (AvgIpc) is 2.62. The summed E-state index contributed by atoms with van der Waals surface area (Å²) in [6.45, 7) is 6.33. The zero-order valence-electron chi connectivity index (χ0n) is 9.83. The van der Waals surface area contributed by atoms with Crippen LogP contribution in [-0.4, -0.2) is 36.0 Å². The maximum atomic E-state index is 11.6. The Balaban J connectivity index is 1.90. The minimum Gasteiger partial charge on any atom is -0.352 e. The van der Waals surface area contributed by atoms with Crippen LogP contribution < -0.4 is 5.32 Å². The van der Waals surface area contributed by atoms with E-state index >= 15 is 0 Å². The lowest BCUT2D eigenvalue weighted by atomic mass is 9.98. The first-order valence-electron chi connectivity index (χ1n) is 6.23. The predicted octanol–water partition coefficient (Wildman–Crippen LogP) is 1.39. The van der Waals surface area contributed by atoms with Crippen LogP contribution in [0.3, 0.4) is 0 Å². The molecule has 86 valence electrons. The topological polar surface area (TPSA) is 32.3 Å². The fourth-order valence-electron chi connectivity index (χ4n) is 2.77. The van der Waals surface area contributed by atoms with Crippen LogP contribution in [0.2, 0.25) is 0 Å². The second kappa shape index (κ2) is 4.52. The summed E-state index contributed by atoms with van der Waals surface area (Å²) >= 11 is 0. The number of carbonyl (C=O) groups excluding carboxylic acids is 1. The molecule has 1 N–H and O–H groups in total. The Morgan fingerprint density at radius 3 is 2.80 bits per heavy atom. The van der Waals surface area contributed by atoms with Crippen LogP contribution in [0.5, 0.6) is 0 Å². The number of hydrogen-bond acceptors (Lipinski definition) is 2. The van der Waals surface area contributed by atoms with Gasteiger partial charge in [0, 0.05) is 24.5 Å². The van der Waals surface area contributed by atoms with E-state index in [4.69, 9.17) is 0 Å². The third-order valence-corrected chi connectivity index (χ3v) is 3.71. The highest BCUT2D eigenvalue weighted by atomic mass is 16.1. The number of carbonyl (C=O) groups is 1. The highest BCUT2D eigenvalue weighted by molar-refractivity contribution is 5.78. The Bertz CT molecular complexity index is 240. The monoisotopic (exact) mass is 210 g/mol. The molecule has 2 heterocycles. The molecular formula is C12H22N2O. The van der Waals surface area contributed by atoms with Crippen molar-refractivity contribution in [2.24, 2.45) is 5.92 Å². The van der Waals surface area contributed by atoms with Gasteiger partial charge in [-0.3, -0.25) is 9.69 Å². The largest absolute Gasteiger partial charge is 0.352 e. The van der Waals surface area contributed by atoms with Gasteiger partial charge in [-0.25, -0.2) is 0 Å². The lowest BCUT2D eigenvalue weighted by Gasteiger charge is -2.32. The first-order chi connectivity index (χ1) is 7.18. The smallest absolute Gasteiger partial charge is 0.222 e. The summed E-state index contributed by atoms with van der Waals surface area (Å²) in [5.74, 6) is 0.329. The van der Waals surface area contributed by atoms with E-state index in [9.17, 15) is 4.79 Å². The van der Waals surface area contributed by atoms with E-state index in [1.165, 1.54) is 32.4 Å². The van der Waals surface area contributed by atoms with E-state index in [-0.39, 0.29) is 11.8 Å². The molecule has 2 saturated heterocycles. The van der Waals surface area contributed by atoms with Crippen molar-refractivity contribution in [3.8, 4) is 0 Å². The molecule has 0 aromatic heterocycles. The molecule has 0 spiro atoms. The molecule has 2 aliphatic heterocycles. The minimum atomic E-state index is 0.114. The number of nitrogens with one attached hydrogen (secondary N) is 1. The second-order valence-electron chi connectivity index (χ2n) is 5.16. The molecule has 0 radical (unpaired) electrons. The van der Waals surface area contributed by atoms with E-state index < -0.39 is 0 Å². The quantitative estimate of drug-likeness (QED) is 0.747. The van der Waals surface area contributed by atoms with E-state index in [1.807, 2.05) is 13.8 Å². The third kappa shape index (κ3) is 2.33. The highest BCUT2D eigenvalue weighted by Gasteiger charge is 2.36. The van der Waals surface area contributed by atoms with Crippen LogP contribution in [-0.2, 0) is 4.79 Å². The summed E-state index contributed by atoms with van der Waals surface area (Å²) < 4.78 is 0. The molecule has 2 atom stereocenters. The second-order valence-corrected chi connectivity index (χ2v) is 5.16. The Morgan fingerprint density at radius 1 is 1.27 bits per heavy atom. The predicted molar refractivity (Wildman–Crippen MR) is 60.6 cm³/mol. The normalized spacial score (nSPS) is 31.7. The number of amides is 1. The summed E-state index contributed by atoms with van der Waals surface area (Å²) in [5, 5.41) is 3.20. The van der Waals surface area contributed by atoms with Gasteiger partial charge in [0.25, 0.3) is 0 Å². The third-order valence-electron chi connectivity index (χ3n) is 3.71. The SMILES string of the molecule is CC(C)C(=O)N[C@H]1CCN2CCCC[C@@H]12. The molecule has 0 aromatic carbocycles. The summed E-state index contributed by atoms with van der Waals surface area (Å²) in [4.78, 5) is 14.2. The van der Waals surface area contributed by atoms with Crippen molar-refractivity contribution in [1.82, 2.24) is 10.2 Å². The molecule has 3 nitrogen and oxygen atoms in total. The molecular weight excluding hydrogens is 188 g/mol. The van der Waals surface area contributed by atoms with E-state index in [2.05, 4.69) is 10.2 Å². The fourth-order valence-corrected chi connectivity index (χ4v) is 2.77. The Morgan fingerprint density at radius 2 is 2.07 bits per heavy atom. The molecule has 0 aliphatic carbocycles. The van der Waals surface area contributed by atoms with Crippen molar-refractivity contribution in [3.05, 3.63) is 0 Å². The van der Waals surface area contributed by atoms with Crippen molar-refractivity contribution >= 4 is 5.91 Å². The van der Waals surface area contributed by atoms with Gasteiger partial charge in [0.05, 0.1) is 0 Å². The van der Waals surface area contributed by atoms with Crippen LogP contribution >= 0.6 is 0 Å². The van der Waals surface area contributed by atoms with E-state index in [1.54, 1.807) is 0 Å². The zero-order chi connectivity index (χ0) is 10.8. The van der Waals surface area contributed by atoms with E-state index in [0.717, 1.165) is 6.42 Å². The summed E-state index contributed by atoms with van der Waals surface area (Å²) in [5.41, 5.74) is 0. The molecule has 2 rings (SSSR count). The molecule has 0 saturated carbocycles. The van der Waals surface area contributed by atoms with Gasteiger partial charge in [-0.05, 0) is 25.8 Å². The highest BCUT2D eigenvalue weighted by Crippen LogP contribution is 2.27. The zero-order valence-corrected chi connectivity index (χ0v) is 9.83. The first kappa shape index (κ1) is 10.9. The maximum absolute atomic E-state index is 11.6. The molecule has 0 bridgehead atoms. The van der Waals surface area contributed by atoms with Gasteiger partial charge in [0.15, 0.2) is 0 Å². The Kier molecular flexibility index (Phi) is 3.29. The van der Waals surface area contributed by atoms with Gasteiger partial charge >= 0.3 is 0 Å². The van der Waals surface area contributed by atoms with Crippen molar-refractivity contribution in [3.63, 3.8) is 0 Å². The molecule has 1 amide bonds.